The highest BCUT2D eigenvalue weighted by atomic mass is 16.5. The molecule has 128 valence electrons. The summed E-state index contributed by atoms with van der Waals surface area (Å²) in [4.78, 5) is 27.1. The van der Waals surface area contributed by atoms with Gasteiger partial charge in [-0.05, 0) is 37.1 Å². The highest BCUT2D eigenvalue weighted by Crippen LogP contribution is 2.26. The predicted molar refractivity (Wildman–Crippen MR) is 86.0 cm³/mol. The van der Waals surface area contributed by atoms with Crippen LogP contribution < -0.4 is 20.7 Å². The van der Waals surface area contributed by atoms with Gasteiger partial charge in [-0.1, -0.05) is 5.16 Å². The molecule has 1 aromatic heterocycles. The van der Waals surface area contributed by atoms with Crippen molar-refractivity contribution in [1.82, 2.24) is 20.8 Å². The zero-order valence-electron chi connectivity index (χ0n) is 13.9. The molecule has 1 heterocycles. The number of carbonyl (C=O) groups excluding carboxylic acids is 2. The average Bonchev–Trinajstić information content (AvgIpc) is 3.01. The number of rotatable bonds is 5. The monoisotopic (exact) mass is 333 g/mol. The molecule has 0 radical (unpaired) electrons. The molecule has 0 saturated carbocycles. The second-order valence-corrected chi connectivity index (χ2v) is 5.04. The van der Waals surface area contributed by atoms with E-state index in [0.717, 1.165) is 16.9 Å². The van der Waals surface area contributed by atoms with Crippen molar-refractivity contribution in [2.24, 2.45) is 0 Å². The van der Waals surface area contributed by atoms with Gasteiger partial charge in [-0.15, -0.1) is 0 Å². The largest absolute Gasteiger partial charge is 0.496 e. The van der Waals surface area contributed by atoms with Crippen molar-refractivity contribution in [3.8, 4) is 5.75 Å². The second kappa shape index (κ2) is 7.44. The van der Waals surface area contributed by atoms with E-state index in [4.69, 9.17) is 9.26 Å². The quantitative estimate of drug-likeness (QED) is 0.760. The molecule has 0 unspecified atom stereocenters. The van der Waals surface area contributed by atoms with Gasteiger partial charge in [0, 0.05) is 12.7 Å². The van der Waals surface area contributed by atoms with Crippen LogP contribution in [0.1, 0.15) is 27.6 Å². The first-order chi connectivity index (χ1) is 11.4. The number of nitrogens with zero attached hydrogens (tertiary/aromatic N) is 2. The minimum Gasteiger partial charge on any atom is -0.496 e. The number of benzene rings is 1. The summed E-state index contributed by atoms with van der Waals surface area (Å²) in [6, 6.07) is 3.18. The van der Waals surface area contributed by atoms with Crippen molar-refractivity contribution >= 4 is 17.6 Å². The van der Waals surface area contributed by atoms with E-state index in [-0.39, 0.29) is 18.3 Å². The normalized spacial score (nSPS) is 10.2. The lowest BCUT2D eigenvalue weighted by Crippen LogP contribution is -2.28. The Kier molecular flexibility index (Phi) is 5.35. The van der Waals surface area contributed by atoms with E-state index in [9.17, 15) is 9.59 Å². The first kappa shape index (κ1) is 17.3. The van der Waals surface area contributed by atoms with Crippen LogP contribution in [0.3, 0.4) is 0 Å². The third kappa shape index (κ3) is 4.00. The standard InChI is InChI=1S/C15H19N5O4/c1-8-5-10(6-9(2)12(8)23-4)18-15(22)17-7-11-19-13(20-24-11)14(21)16-3/h5-6H,7H2,1-4H3,(H,16,21)(H2,17,18,22). The summed E-state index contributed by atoms with van der Waals surface area (Å²) in [6.45, 7) is 3.80. The van der Waals surface area contributed by atoms with E-state index in [1.807, 2.05) is 26.0 Å². The van der Waals surface area contributed by atoms with Crippen molar-refractivity contribution < 1.29 is 18.8 Å². The first-order valence-corrected chi connectivity index (χ1v) is 7.19. The maximum absolute atomic E-state index is 11.9. The van der Waals surface area contributed by atoms with Crippen molar-refractivity contribution in [3.63, 3.8) is 0 Å². The van der Waals surface area contributed by atoms with Crippen molar-refractivity contribution in [3.05, 3.63) is 35.0 Å². The average molecular weight is 333 g/mol. The number of ether oxygens (including phenoxy) is 1. The Balaban J connectivity index is 1.94. The molecule has 3 N–H and O–H groups in total. The lowest BCUT2D eigenvalue weighted by Gasteiger charge is -2.12. The molecule has 2 aromatic rings. The molecule has 0 saturated heterocycles. The maximum atomic E-state index is 11.9. The molecule has 0 atom stereocenters. The van der Waals surface area contributed by atoms with Gasteiger partial charge in [-0.2, -0.15) is 4.98 Å². The molecule has 0 fully saturated rings. The van der Waals surface area contributed by atoms with Gasteiger partial charge in [-0.25, -0.2) is 4.79 Å². The molecule has 0 spiro atoms. The lowest BCUT2D eigenvalue weighted by atomic mass is 10.1. The van der Waals surface area contributed by atoms with Crippen LogP contribution in [0, 0.1) is 13.8 Å². The zero-order chi connectivity index (χ0) is 17.7. The molecule has 9 nitrogen and oxygen atoms in total. The molecule has 24 heavy (non-hydrogen) atoms. The number of urea groups is 1. The number of nitrogens with one attached hydrogen (secondary N) is 3. The third-order valence-electron chi connectivity index (χ3n) is 3.22. The Bertz CT molecular complexity index is 733. The van der Waals surface area contributed by atoms with Crippen molar-refractivity contribution in [2.45, 2.75) is 20.4 Å². The van der Waals surface area contributed by atoms with Gasteiger partial charge in [0.25, 0.3) is 11.7 Å². The molecule has 3 amide bonds. The summed E-state index contributed by atoms with van der Waals surface area (Å²) in [5.41, 5.74) is 2.47. The van der Waals surface area contributed by atoms with E-state index < -0.39 is 11.9 Å². The van der Waals surface area contributed by atoms with Crippen LogP contribution in [0.2, 0.25) is 0 Å². The lowest BCUT2D eigenvalue weighted by molar-refractivity contribution is 0.0950. The van der Waals surface area contributed by atoms with E-state index in [2.05, 4.69) is 26.1 Å². The Morgan fingerprint density at radius 3 is 2.50 bits per heavy atom. The summed E-state index contributed by atoms with van der Waals surface area (Å²) >= 11 is 0. The summed E-state index contributed by atoms with van der Waals surface area (Å²) in [6.07, 6.45) is 0. The van der Waals surface area contributed by atoms with Crippen LogP contribution in [0.5, 0.6) is 5.75 Å². The summed E-state index contributed by atoms with van der Waals surface area (Å²) in [5, 5.41) is 11.2. The van der Waals surface area contributed by atoms with Crippen LogP contribution in [-0.4, -0.2) is 36.2 Å². The van der Waals surface area contributed by atoms with Gasteiger partial charge in [0.2, 0.25) is 5.89 Å². The van der Waals surface area contributed by atoms with Crippen molar-refractivity contribution in [1.29, 1.82) is 0 Å². The SMILES string of the molecule is CNC(=O)c1noc(CNC(=O)Nc2cc(C)c(OC)c(C)c2)n1. The minimum atomic E-state index is -0.460. The Labute approximate surface area is 138 Å². The van der Waals surface area contributed by atoms with Gasteiger partial charge in [0.1, 0.15) is 5.75 Å². The maximum Gasteiger partial charge on any atom is 0.319 e. The molecule has 9 heteroatoms. The first-order valence-electron chi connectivity index (χ1n) is 7.19. The van der Waals surface area contributed by atoms with E-state index in [1.165, 1.54) is 7.05 Å². The van der Waals surface area contributed by atoms with Crippen LogP contribution in [0.15, 0.2) is 16.7 Å². The number of hydrogen-bond acceptors (Lipinski definition) is 6. The molecular weight excluding hydrogens is 314 g/mol. The number of methoxy groups -OCH3 is 1. The van der Waals surface area contributed by atoms with Gasteiger partial charge in [0.15, 0.2) is 0 Å². The fourth-order valence-electron chi connectivity index (χ4n) is 2.21. The van der Waals surface area contributed by atoms with E-state index >= 15 is 0 Å². The predicted octanol–water partition coefficient (Wildman–Crippen LogP) is 1.38. The third-order valence-corrected chi connectivity index (χ3v) is 3.22. The van der Waals surface area contributed by atoms with Crippen LogP contribution in [0.25, 0.3) is 0 Å². The highest BCUT2D eigenvalue weighted by molar-refractivity contribution is 5.90. The number of aromatic nitrogens is 2. The summed E-state index contributed by atoms with van der Waals surface area (Å²) < 4.78 is 10.2. The van der Waals surface area contributed by atoms with Crippen molar-refractivity contribution in [2.75, 3.05) is 19.5 Å². The number of carbonyl (C=O) groups is 2. The zero-order valence-corrected chi connectivity index (χ0v) is 13.9. The fourth-order valence-corrected chi connectivity index (χ4v) is 2.21. The molecular formula is C15H19N5O4. The van der Waals surface area contributed by atoms with Gasteiger partial charge < -0.3 is 25.2 Å². The number of hydrogen-bond donors (Lipinski definition) is 3. The molecule has 0 aliphatic heterocycles. The molecule has 0 aliphatic rings. The number of aryl methyl sites for hydroxylation is 2. The van der Waals surface area contributed by atoms with Crippen LogP contribution in [0.4, 0.5) is 10.5 Å². The van der Waals surface area contributed by atoms with E-state index in [0.29, 0.717) is 5.69 Å². The topological polar surface area (TPSA) is 118 Å². The number of anilines is 1. The Morgan fingerprint density at radius 1 is 1.25 bits per heavy atom. The van der Waals surface area contributed by atoms with E-state index in [1.54, 1.807) is 7.11 Å². The molecule has 2 rings (SSSR count). The second-order valence-electron chi connectivity index (χ2n) is 5.04. The van der Waals surface area contributed by atoms with Gasteiger partial charge >= 0.3 is 6.03 Å². The minimum absolute atomic E-state index is 0.00392. The number of amides is 3. The van der Waals surface area contributed by atoms with Gasteiger partial charge in [-0.3, -0.25) is 4.79 Å². The molecule has 0 aliphatic carbocycles. The smallest absolute Gasteiger partial charge is 0.319 e. The highest BCUT2D eigenvalue weighted by Gasteiger charge is 2.14. The summed E-state index contributed by atoms with van der Waals surface area (Å²) in [7, 11) is 3.06. The Hall–Kier alpha value is -3.10. The fraction of sp³-hybridized carbons (Fsp3) is 0.333. The van der Waals surface area contributed by atoms with Crippen LogP contribution >= 0.6 is 0 Å². The molecule has 0 bridgehead atoms. The van der Waals surface area contributed by atoms with Crippen LogP contribution in [-0.2, 0) is 6.54 Å². The Morgan fingerprint density at radius 2 is 1.92 bits per heavy atom. The van der Waals surface area contributed by atoms with Gasteiger partial charge in [0.05, 0.1) is 13.7 Å². The molecule has 1 aromatic carbocycles. The summed E-state index contributed by atoms with van der Waals surface area (Å²) in [5.74, 6) is 0.370.